The summed E-state index contributed by atoms with van der Waals surface area (Å²) in [6.45, 7) is 10.6. The molecule has 1 atom stereocenters. The number of anilines is 1. The van der Waals surface area contributed by atoms with Crippen LogP contribution in [0.3, 0.4) is 0 Å². The van der Waals surface area contributed by atoms with Crippen LogP contribution in [-0.4, -0.2) is 59.7 Å². The van der Waals surface area contributed by atoms with Gasteiger partial charge in [-0.3, -0.25) is 10.1 Å². The van der Waals surface area contributed by atoms with Crippen LogP contribution >= 0.6 is 0 Å². The van der Waals surface area contributed by atoms with Gasteiger partial charge in [-0.05, 0) is 33.8 Å². The Hall–Kier alpha value is -2.22. The van der Waals surface area contributed by atoms with Crippen molar-refractivity contribution in [1.29, 1.82) is 0 Å². The van der Waals surface area contributed by atoms with Gasteiger partial charge < -0.3 is 15.1 Å². The first-order valence-electron chi connectivity index (χ1n) is 8.26. The summed E-state index contributed by atoms with van der Waals surface area (Å²) in [5.74, 6) is 0.467. The van der Waals surface area contributed by atoms with E-state index in [-0.39, 0.29) is 17.5 Å². The maximum absolute atomic E-state index is 12.3. The van der Waals surface area contributed by atoms with E-state index in [4.69, 9.17) is 0 Å². The van der Waals surface area contributed by atoms with Gasteiger partial charge in [0.15, 0.2) is 6.04 Å². The molecule has 0 aliphatic carbocycles. The normalized spacial score (nSPS) is 17.2. The van der Waals surface area contributed by atoms with E-state index in [0.717, 1.165) is 37.0 Å². The molecule has 0 unspecified atom stereocenters. The molecule has 0 aromatic carbocycles. The fourth-order valence-electron chi connectivity index (χ4n) is 2.66. The molecule has 0 radical (unpaired) electrons. The summed E-state index contributed by atoms with van der Waals surface area (Å²) in [4.78, 5) is 35.9. The van der Waals surface area contributed by atoms with Crippen LogP contribution in [0, 0.1) is 0 Å². The van der Waals surface area contributed by atoms with E-state index in [1.165, 1.54) is 0 Å². The highest BCUT2D eigenvalue weighted by Crippen LogP contribution is 2.04. The number of nitrogens with zero attached hydrogens (tertiary/aromatic N) is 3. The van der Waals surface area contributed by atoms with E-state index in [9.17, 15) is 9.59 Å². The second-order valence-electron chi connectivity index (χ2n) is 7.11. The number of quaternary nitrogens is 1. The summed E-state index contributed by atoms with van der Waals surface area (Å²) in [5.41, 5.74) is -0.373. The van der Waals surface area contributed by atoms with Gasteiger partial charge in [0.25, 0.3) is 5.91 Å². The van der Waals surface area contributed by atoms with Crippen molar-refractivity contribution in [2.24, 2.45) is 0 Å². The first-order chi connectivity index (χ1) is 11.3. The highest BCUT2D eigenvalue weighted by molar-refractivity contribution is 5.96. The molecule has 0 bridgehead atoms. The van der Waals surface area contributed by atoms with Gasteiger partial charge in [-0.25, -0.2) is 14.8 Å². The van der Waals surface area contributed by atoms with Crippen molar-refractivity contribution in [2.75, 3.05) is 31.1 Å². The molecule has 1 fully saturated rings. The van der Waals surface area contributed by atoms with Crippen LogP contribution < -0.4 is 20.4 Å². The molecule has 8 nitrogen and oxygen atoms in total. The Labute approximate surface area is 142 Å². The van der Waals surface area contributed by atoms with E-state index >= 15 is 0 Å². The van der Waals surface area contributed by atoms with Crippen molar-refractivity contribution < 1.29 is 14.5 Å². The Balaban J connectivity index is 1.82. The van der Waals surface area contributed by atoms with Crippen molar-refractivity contribution in [3.05, 3.63) is 18.5 Å². The fourth-order valence-corrected chi connectivity index (χ4v) is 2.66. The SMILES string of the molecule is C[C@H](C(=O)NC(=O)NC(C)(C)C)[NH+]1CCN(c2ncccn2)CC1. The quantitative estimate of drug-likeness (QED) is 0.672. The Morgan fingerprint density at radius 3 is 2.33 bits per heavy atom. The topological polar surface area (TPSA) is 91.7 Å². The van der Waals surface area contributed by atoms with E-state index in [0.29, 0.717) is 0 Å². The fraction of sp³-hybridized carbons (Fsp3) is 0.625. The van der Waals surface area contributed by atoms with E-state index in [1.807, 2.05) is 27.7 Å². The summed E-state index contributed by atoms with van der Waals surface area (Å²) >= 11 is 0. The lowest BCUT2D eigenvalue weighted by Crippen LogP contribution is -3.19. The van der Waals surface area contributed by atoms with Gasteiger partial charge in [-0.1, -0.05) is 0 Å². The van der Waals surface area contributed by atoms with Gasteiger partial charge in [0.2, 0.25) is 5.95 Å². The molecule has 0 saturated carbocycles. The highest BCUT2D eigenvalue weighted by Gasteiger charge is 2.31. The molecular formula is C16H27N6O2+. The molecule has 2 rings (SSSR count). The minimum absolute atomic E-state index is 0.254. The highest BCUT2D eigenvalue weighted by atomic mass is 16.2. The second-order valence-corrected chi connectivity index (χ2v) is 7.11. The van der Waals surface area contributed by atoms with Gasteiger partial charge in [-0.15, -0.1) is 0 Å². The molecule has 3 N–H and O–H groups in total. The lowest BCUT2D eigenvalue weighted by molar-refractivity contribution is -0.914. The molecule has 132 valence electrons. The summed E-state index contributed by atoms with van der Waals surface area (Å²) < 4.78 is 0. The molecule has 1 saturated heterocycles. The maximum atomic E-state index is 12.3. The smallest absolute Gasteiger partial charge is 0.322 e. The van der Waals surface area contributed by atoms with E-state index in [1.54, 1.807) is 18.5 Å². The number of carbonyl (C=O) groups excluding carboxylic acids is 2. The molecule has 1 aliphatic heterocycles. The largest absolute Gasteiger partial charge is 0.333 e. The third-order valence-corrected chi connectivity index (χ3v) is 3.97. The van der Waals surface area contributed by atoms with Gasteiger partial charge in [-0.2, -0.15) is 0 Å². The van der Waals surface area contributed by atoms with Crippen LogP contribution in [0.5, 0.6) is 0 Å². The minimum Gasteiger partial charge on any atom is -0.333 e. The van der Waals surface area contributed by atoms with Crippen LogP contribution in [0.25, 0.3) is 0 Å². The number of carbonyl (C=O) groups is 2. The zero-order chi connectivity index (χ0) is 17.7. The van der Waals surface area contributed by atoms with Crippen LogP contribution in [0.2, 0.25) is 0 Å². The number of piperazine rings is 1. The van der Waals surface area contributed by atoms with Crippen molar-refractivity contribution in [1.82, 2.24) is 20.6 Å². The molecule has 1 aromatic heterocycles. The Kier molecular flexibility index (Phi) is 5.71. The monoisotopic (exact) mass is 335 g/mol. The molecule has 1 aromatic rings. The maximum Gasteiger partial charge on any atom is 0.322 e. The second kappa shape index (κ2) is 7.57. The van der Waals surface area contributed by atoms with Gasteiger partial charge in [0, 0.05) is 17.9 Å². The summed E-state index contributed by atoms with van der Waals surface area (Å²) in [6.07, 6.45) is 3.46. The third kappa shape index (κ3) is 5.16. The van der Waals surface area contributed by atoms with Crippen LogP contribution in [0.1, 0.15) is 27.7 Å². The number of rotatable bonds is 3. The van der Waals surface area contributed by atoms with Gasteiger partial charge in [0.05, 0.1) is 26.2 Å². The number of aromatic nitrogens is 2. The first-order valence-corrected chi connectivity index (χ1v) is 8.26. The van der Waals surface area contributed by atoms with Crippen molar-refractivity contribution in [2.45, 2.75) is 39.3 Å². The summed E-state index contributed by atoms with van der Waals surface area (Å²) in [5, 5.41) is 5.16. The van der Waals surface area contributed by atoms with Crippen molar-refractivity contribution >= 4 is 17.9 Å². The standard InChI is InChI=1S/C16H26N6O2/c1-12(13(23)19-15(24)20-16(2,3)4)21-8-10-22(11-9-21)14-17-6-5-7-18-14/h5-7,12H,8-11H2,1-4H3,(H2,19,20,23,24)/p+1/t12-/m1/s1. The molecular weight excluding hydrogens is 308 g/mol. The van der Waals surface area contributed by atoms with Crippen LogP contribution in [0.15, 0.2) is 18.5 Å². The average molecular weight is 335 g/mol. The number of amides is 3. The molecule has 24 heavy (non-hydrogen) atoms. The van der Waals surface area contributed by atoms with Crippen LogP contribution in [-0.2, 0) is 4.79 Å². The van der Waals surface area contributed by atoms with Gasteiger partial charge in [0.1, 0.15) is 0 Å². The Bertz CT molecular complexity index is 564. The molecule has 1 aliphatic rings. The molecule has 2 heterocycles. The number of imide groups is 1. The van der Waals surface area contributed by atoms with Gasteiger partial charge >= 0.3 is 6.03 Å². The number of hydrogen-bond acceptors (Lipinski definition) is 5. The number of urea groups is 1. The predicted octanol–water partition coefficient (Wildman–Crippen LogP) is -0.806. The molecule has 3 amide bonds. The predicted molar refractivity (Wildman–Crippen MR) is 90.8 cm³/mol. The molecule has 8 heteroatoms. The lowest BCUT2D eigenvalue weighted by Gasteiger charge is -2.34. The summed E-state index contributed by atoms with van der Waals surface area (Å²) in [6, 6.07) is 1.06. The summed E-state index contributed by atoms with van der Waals surface area (Å²) in [7, 11) is 0. The Morgan fingerprint density at radius 2 is 1.79 bits per heavy atom. The van der Waals surface area contributed by atoms with Crippen molar-refractivity contribution in [3.8, 4) is 0 Å². The van der Waals surface area contributed by atoms with Crippen LogP contribution in [0.4, 0.5) is 10.7 Å². The number of hydrogen-bond donors (Lipinski definition) is 3. The average Bonchev–Trinajstić information content (AvgIpc) is 2.53. The van der Waals surface area contributed by atoms with E-state index < -0.39 is 6.03 Å². The first kappa shape index (κ1) is 18.1. The zero-order valence-electron chi connectivity index (χ0n) is 14.8. The zero-order valence-corrected chi connectivity index (χ0v) is 14.8. The Morgan fingerprint density at radius 1 is 1.21 bits per heavy atom. The molecule has 0 spiro atoms. The minimum atomic E-state index is -0.449. The third-order valence-electron chi connectivity index (χ3n) is 3.97. The van der Waals surface area contributed by atoms with E-state index in [2.05, 4.69) is 25.5 Å². The number of nitrogens with one attached hydrogen (secondary N) is 3. The van der Waals surface area contributed by atoms with Crippen molar-refractivity contribution in [3.63, 3.8) is 0 Å². The lowest BCUT2D eigenvalue weighted by atomic mass is 10.1.